The maximum Gasteiger partial charge on any atom is 0.193 e. The summed E-state index contributed by atoms with van der Waals surface area (Å²) in [6.07, 6.45) is 1.14. The molecular weight excluding hydrogens is 304 g/mol. The van der Waals surface area contributed by atoms with E-state index in [0.29, 0.717) is 12.5 Å². The molecule has 134 valence electrons. The molecule has 2 N–H and O–H groups in total. The highest BCUT2D eigenvalue weighted by Gasteiger charge is 2.18. The summed E-state index contributed by atoms with van der Waals surface area (Å²) >= 11 is 0. The molecule has 1 saturated heterocycles. The maximum atomic E-state index is 5.45. The molecule has 1 fully saturated rings. The molecule has 1 aliphatic heterocycles. The van der Waals surface area contributed by atoms with Gasteiger partial charge >= 0.3 is 0 Å². The number of anilines is 1. The van der Waals surface area contributed by atoms with Crippen LogP contribution in [0.3, 0.4) is 0 Å². The zero-order chi connectivity index (χ0) is 17.2. The van der Waals surface area contributed by atoms with Crippen molar-refractivity contribution in [3.63, 3.8) is 0 Å². The maximum absolute atomic E-state index is 5.45. The minimum atomic E-state index is 0.603. The van der Waals surface area contributed by atoms with Gasteiger partial charge in [0, 0.05) is 59.1 Å². The Balaban J connectivity index is 1.77. The van der Waals surface area contributed by atoms with E-state index >= 15 is 0 Å². The number of aliphatic imine (C=N–C) groups is 1. The summed E-state index contributed by atoms with van der Waals surface area (Å²) in [5.41, 5.74) is 2.34. The van der Waals surface area contributed by atoms with Crippen LogP contribution in [0.15, 0.2) is 29.3 Å². The SMILES string of the molecule is CN=C(NCc1ccc(NCCOC)cc1)N(C)CC1CCOC1. The van der Waals surface area contributed by atoms with Gasteiger partial charge in [-0.25, -0.2) is 0 Å². The topological polar surface area (TPSA) is 58.1 Å². The third-order valence-electron chi connectivity index (χ3n) is 4.17. The van der Waals surface area contributed by atoms with Crippen molar-refractivity contribution in [1.29, 1.82) is 0 Å². The van der Waals surface area contributed by atoms with E-state index in [4.69, 9.17) is 9.47 Å². The molecule has 1 unspecified atom stereocenters. The second kappa shape index (κ2) is 10.2. The highest BCUT2D eigenvalue weighted by molar-refractivity contribution is 5.79. The van der Waals surface area contributed by atoms with Gasteiger partial charge in [-0.05, 0) is 24.1 Å². The zero-order valence-corrected chi connectivity index (χ0v) is 15.0. The number of rotatable bonds is 8. The van der Waals surface area contributed by atoms with E-state index in [1.54, 1.807) is 7.11 Å². The molecule has 0 saturated carbocycles. The number of benzene rings is 1. The molecule has 0 aromatic heterocycles. The van der Waals surface area contributed by atoms with Crippen LogP contribution in [0, 0.1) is 5.92 Å². The first kappa shape index (κ1) is 18.5. The minimum Gasteiger partial charge on any atom is -0.383 e. The molecule has 1 heterocycles. The lowest BCUT2D eigenvalue weighted by atomic mass is 10.1. The molecule has 0 bridgehead atoms. The Kier molecular flexibility index (Phi) is 7.85. The summed E-state index contributed by atoms with van der Waals surface area (Å²) in [5.74, 6) is 1.52. The average molecular weight is 334 g/mol. The van der Waals surface area contributed by atoms with Crippen LogP contribution in [-0.4, -0.2) is 65.0 Å². The average Bonchev–Trinajstić information content (AvgIpc) is 3.10. The molecule has 1 aliphatic rings. The first-order valence-electron chi connectivity index (χ1n) is 8.54. The minimum absolute atomic E-state index is 0.603. The van der Waals surface area contributed by atoms with E-state index in [9.17, 15) is 0 Å². The van der Waals surface area contributed by atoms with Gasteiger partial charge in [-0.15, -0.1) is 0 Å². The Bertz CT molecular complexity index is 498. The molecule has 1 aromatic carbocycles. The molecule has 6 heteroatoms. The number of nitrogens with one attached hydrogen (secondary N) is 2. The second-order valence-corrected chi connectivity index (χ2v) is 6.13. The molecule has 0 amide bonds. The Morgan fingerprint density at radius 1 is 1.38 bits per heavy atom. The summed E-state index contributed by atoms with van der Waals surface area (Å²) in [6, 6.07) is 8.44. The van der Waals surface area contributed by atoms with Crippen LogP contribution < -0.4 is 10.6 Å². The van der Waals surface area contributed by atoms with Crippen molar-refractivity contribution in [1.82, 2.24) is 10.2 Å². The van der Waals surface area contributed by atoms with Crippen molar-refractivity contribution in [2.45, 2.75) is 13.0 Å². The number of methoxy groups -OCH3 is 1. The lowest BCUT2D eigenvalue weighted by Crippen LogP contribution is -2.41. The van der Waals surface area contributed by atoms with Crippen LogP contribution in [-0.2, 0) is 16.0 Å². The van der Waals surface area contributed by atoms with Gasteiger partial charge in [0.1, 0.15) is 0 Å². The smallest absolute Gasteiger partial charge is 0.193 e. The summed E-state index contributed by atoms with van der Waals surface area (Å²) in [4.78, 5) is 6.56. The lowest BCUT2D eigenvalue weighted by Gasteiger charge is -2.24. The summed E-state index contributed by atoms with van der Waals surface area (Å²) < 4.78 is 10.5. The van der Waals surface area contributed by atoms with Gasteiger partial charge in [0.15, 0.2) is 5.96 Å². The molecule has 1 atom stereocenters. The van der Waals surface area contributed by atoms with Crippen LogP contribution in [0.25, 0.3) is 0 Å². The first-order chi connectivity index (χ1) is 11.7. The molecule has 6 nitrogen and oxygen atoms in total. The van der Waals surface area contributed by atoms with E-state index in [0.717, 1.165) is 50.9 Å². The van der Waals surface area contributed by atoms with E-state index in [1.165, 1.54) is 5.56 Å². The van der Waals surface area contributed by atoms with E-state index in [2.05, 4.69) is 51.8 Å². The molecule has 0 aliphatic carbocycles. The Morgan fingerprint density at radius 2 is 2.17 bits per heavy atom. The molecule has 1 aromatic rings. The normalized spacial score (nSPS) is 17.8. The van der Waals surface area contributed by atoms with Crippen molar-refractivity contribution < 1.29 is 9.47 Å². The zero-order valence-electron chi connectivity index (χ0n) is 15.0. The van der Waals surface area contributed by atoms with Gasteiger partial charge in [0.25, 0.3) is 0 Å². The highest BCUT2D eigenvalue weighted by Crippen LogP contribution is 2.13. The van der Waals surface area contributed by atoms with Crippen LogP contribution >= 0.6 is 0 Å². The van der Waals surface area contributed by atoms with Gasteiger partial charge in [-0.2, -0.15) is 0 Å². The number of nitrogens with zero attached hydrogens (tertiary/aromatic N) is 2. The van der Waals surface area contributed by atoms with Crippen molar-refractivity contribution in [2.75, 3.05) is 59.4 Å². The Morgan fingerprint density at radius 3 is 2.79 bits per heavy atom. The third kappa shape index (κ3) is 6.02. The van der Waals surface area contributed by atoms with Crippen LogP contribution in [0.4, 0.5) is 5.69 Å². The second-order valence-electron chi connectivity index (χ2n) is 6.13. The first-order valence-corrected chi connectivity index (χ1v) is 8.54. The number of ether oxygens (including phenoxy) is 2. The molecular formula is C18H30N4O2. The predicted octanol–water partition coefficient (Wildman–Crippen LogP) is 1.79. The standard InChI is InChI=1S/C18H30N4O2/c1-19-18(22(2)13-16-8-10-24-14-16)21-12-15-4-6-17(7-5-15)20-9-11-23-3/h4-7,16,20H,8-14H2,1-3H3,(H,19,21). The molecule has 0 spiro atoms. The van der Waals surface area contributed by atoms with Gasteiger partial charge in [-0.1, -0.05) is 12.1 Å². The molecule has 0 radical (unpaired) electrons. The summed E-state index contributed by atoms with van der Waals surface area (Å²) in [6.45, 7) is 5.00. The van der Waals surface area contributed by atoms with Crippen LogP contribution in [0.2, 0.25) is 0 Å². The molecule has 2 rings (SSSR count). The van der Waals surface area contributed by atoms with Gasteiger partial charge in [0.05, 0.1) is 13.2 Å². The number of hydrogen-bond acceptors (Lipinski definition) is 4. The fourth-order valence-corrected chi connectivity index (χ4v) is 2.80. The largest absolute Gasteiger partial charge is 0.383 e. The number of hydrogen-bond donors (Lipinski definition) is 2. The van der Waals surface area contributed by atoms with Crippen molar-refractivity contribution in [3.05, 3.63) is 29.8 Å². The fourth-order valence-electron chi connectivity index (χ4n) is 2.80. The van der Waals surface area contributed by atoms with E-state index < -0.39 is 0 Å². The highest BCUT2D eigenvalue weighted by atomic mass is 16.5. The lowest BCUT2D eigenvalue weighted by molar-refractivity contribution is 0.181. The van der Waals surface area contributed by atoms with Gasteiger partial charge < -0.3 is 25.0 Å². The van der Waals surface area contributed by atoms with E-state index in [-0.39, 0.29) is 0 Å². The van der Waals surface area contributed by atoms with Crippen LogP contribution in [0.5, 0.6) is 0 Å². The summed E-state index contributed by atoms with van der Waals surface area (Å²) in [7, 11) is 5.61. The Hall–Kier alpha value is -1.79. The van der Waals surface area contributed by atoms with Crippen molar-refractivity contribution >= 4 is 11.6 Å². The van der Waals surface area contributed by atoms with Gasteiger partial charge in [-0.3, -0.25) is 4.99 Å². The quantitative estimate of drug-likeness (QED) is 0.431. The predicted molar refractivity (Wildman–Crippen MR) is 98.6 cm³/mol. The van der Waals surface area contributed by atoms with Crippen molar-refractivity contribution in [3.8, 4) is 0 Å². The van der Waals surface area contributed by atoms with Gasteiger partial charge in [0.2, 0.25) is 0 Å². The number of guanidine groups is 1. The van der Waals surface area contributed by atoms with E-state index in [1.807, 2.05) is 7.05 Å². The third-order valence-corrected chi connectivity index (χ3v) is 4.17. The monoisotopic (exact) mass is 334 g/mol. The summed E-state index contributed by atoms with van der Waals surface area (Å²) in [5, 5.41) is 6.74. The fraction of sp³-hybridized carbons (Fsp3) is 0.611. The Labute approximate surface area is 145 Å². The molecule has 24 heavy (non-hydrogen) atoms. The van der Waals surface area contributed by atoms with Crippen molar-refractivity contribution in [2.24, 2.45) is 10.9 Å². The van der Waals surface area contributed by atoms with Crippen LogP contribution in [0.1, 0.15) is 12.0 Å².